The van der Waals surface area contributed by atoms with Gasteiger partial charge in [-0.1, -0.05) is 24.3 Å². The fraction of sp³-hybridized carbons (Fsp3) is 0.154. The van der Waals surface area contributed by atoms with Crippen LogP contribution in [0.25, 0.3) is 33.7 Å². The molecule has 0 bridgehead atoms. The molecule has 0 radical (unpaired) electrons. The zero-order valence-electron chi connectivity index (χ0n) is 18.7. The van der Waals surface area contributed by atoms with E-state index in [2.05, 4.69) is 5.10 Å². The number of nitrogens with zero attached hydrogens (tertiary/aromatic N) is 5. The molecule has 0 fully saturated rings. The van der Waals surface area contributed by atoms with Crippen molar-refractivity contribution in [2.24, 2.45) is 0 Å². The Labute approximate surface area is 191 Å². The lowest BCUT2D eigenvalue weighted by molar-refractivity contribution is -0.107. The molecule has 0 spiro atoms. The quantitative estimate of drug-likeness (QED) is 0.363. The minimum absolute atomic E-state index is 0.342. The maximum atomic E-state index is 11.3. The Kier molecular flexibility index (Phi) is 5.22. The number of aldehydes is 1. The van der Waals surface area contributed by atoms with Crippen molar-refractivity contribution in [2.45, 2.75) is 20.3 Å². The van der Waals surface area contributed by atoms with Gasteiger partial charge < -0.3 is 9.53 Å². The minimum atomic E-state index is 0.342. The lowest BCUT2D eigenvalue weighted by Gasteiger charge is -2.12. The van der Waals surface area contributed by atoms with Gasteiger partial charge in [0.15, 0.2) is 5.65 Å². The average Bonchev–Trinajstić information content (AvgIpc) is 3.47. The zero-order valence-corrected chi connectivity index (χ0v) is 18.7. The van der Waals surface area contributed by atoms with Crippen LogP contribution in [0.2, 0.25) is 0 Å². The molecule has 0 saturated carbocycles. The third-order valence-electron chi connectivity index (χ3n) is 5.71. The number of benzene rings is 2. The van der Waals surface area contributed by atoms with Crippen LogP contribution in [0.3, 0.4) is 0 Å². The van der Waals surface area contributed by atoms with Crippen LogP contribution in [0.15, 0.2) is 67.0 Å². The molecule has 7 heteroatoms. The molecule has 0 aliphatic heterocycles. The summed E-state index contributed by atoms with van der Waals surface area (Å²) in [7, 11) is 1.66. The minimum Gasteiger partial charge on any atom is -0.496 e. The fourth-order valence-corrected chi connectivity index (χ4v) is 4.24. The molecule has 2 aromatic carbocycles. The molecule has 0 N–H and O–H groups in total. The van der Waals surface area contributed by atoms with Crippen molar-refractivity contribution in [3.05, 3.63) is 83.9 Å². The predicted octanol–water partition coefficient (Wildman–Crippen LogP) is 4.62. The summed E-state index contributed by atoms with van der Waals surface area (Å²) in [4.78, 5) is 16.1. The highest BCUT2D eigenvalue weighted by atomic mass is 16.5. The van der Waals surface area contributed by atoms with E-state index < -0.39 is 0 Å². The highest BCUT2D eigenvalue weighted by Gasteiger charge is 2.21. The molecule has 0 amide bonds. The average molecular weight is 438 g/mol. The van der Waals surface area contributed by atoms with E-state index in [-0.39, 0.29) is 0 Å². The van der Waals surface area contributed by atoms with E-state index in [0.29, 0.717) is 12.2 Å². The van der Waals surface area contributed by atoms with E-state index in [1.54, 1.807) is 18.0 Å². The first kappa shape index (κ1) is 20.6. The first-order valence-electron chi connectivity index (χ1n) is 10.7. The lowest BCUT2D eigenvalue weighted by Crippen LogP contribution is -2.01. The van der Waals surface area contributed by atoms with Gasteiger partial charge in [-0.05, 0) is 43.7 Å². The number of fused-ring (bicyclic) bond motifs is 1. The van der Waals surface area contributed by atoms with Crippen molar-refractivity contribution in [3.63, 3.8) is 0 Å². The summed E-state index contributed by atoms with van der Waals surface area (Å²) in [5.74, 6) is 0.715. The first-order chi connectivity index (χ1) is 16.1. The number of carbonyl (C=O) groups excluding carboxylic acids is 1. The zero-order chi connectivity index (χ0) is 22.9. The predicted molar refractivity (Wildman–Crippen MR) is 127 cm³/mol. The Hall–Kier alpha value is -4.26. The summed E-state index contributed by atoms with van der Waals surface area (Å²) in [5, 5.41) is 9.16. The van der Waals surface area contributed by atoms with E-state index in [1.807, 2.05) is 79.2 Å². The van der Waals surface area contributed by atoms with Gasteiger partial charge in [-0.3, -0.25) is 0 Å². The fourth-order valence-electron chi connectivity index (χ4n) is 4.24. The second-order valence-electron chi connectivity index (χ2n) is 7.84. The maximum absolute atomic E-state index is 11.3. The topological polar surface area (TPSA) is 74.3 Å². The molecule has 7 nitrogen and oxygen atoms in total. The van der Waals surface area contributed by atoms with Crippen LogP contribution < -0.4 is 4.74 Å². The molecule has 0 atom stereocenters. The SMILES string of the molecule is COc1cc(-n2cccn2)ccc1-c1c(C)nn2c(-c3ccccc3CC=O)cc(C)nc12. The van der Waals surface area contributed by atoms with E-state index in [9.17, 15) is 4.79 Å². The summed E-state index contributed by atoms with van der Waals surface area (Å²) < 4.78 is 9.42. The molecule has 3 aromatic heterocycles. The third kappa shape index (κ3) is 3.57. The molecule has 3 heterocycles. The Balaban J connectivity index is 1.74. The van der Waals surface area contributed by atoms with Crippen molar-refractivity contribution in [2.75, 3.05) is 7.11 Å². The van der Waals surface area contributed by atoms with Crippen LogP contribution in [-0.4, -0.2) is 37.8 Å². The number of aryl methyl sites for hydroxylation is 2. The highest BCUT2D eigenvalue weighted by Crippen LogP contribution is 2.37. The van der Waals surface area contributed by atoms with Gasteiger partial charge in [0.25, 0.3) is 0 Å². The normalized spacial score (nSPS) is 11.1. The van der Waals surface area contributed by atoms with E-state index >= 15 is 0 Å². The number of hydrogen-bond donors (Lipinski definition) is 0. The van der Waals surface area contributed by atoms with Crippen LogP contribution in [0.1, 0.15) is 17.0 Å². The molecule has 0 aliphatic rings. The lowest BCUT2D eigenvalue weighted by atomic mass is 10.0. The monoisotopic (exact) mass is 437 g/mol. The van der Waals surface area contributed by atoms with Crippen molar-refractivity contribution in [3.8, 4) is 33.8 Å². The Morgan fingerprint density at radius 1 is 1.03 bits per heavy atom. The van der Waals surface area contributed by atoms with E-state index in [1.165, 1.54) is 0 Å². The van der Waals surface area contributed by atoms with Crippen molar-refractivity contribution in [1.29, 1.82) is 0 Å². The van der Waals surface area contributed by atoms with Crippen LogP contribution >= 0.6 is 0 Å². The van der Waals surface area contributed by atoms with Crippen molar-refractivity contribution in [1.82, 2.24) is 24.4 Å². The van der Waals surface area contributed by atoms with Crippen molar-refractivity contribution >= 4 is 11.9 Å². The van der Waals surface area contributed by atoms with Gasteiger partial charge in [-0.25, -0.2) is 14.2 Å². The molecule has 0 unspecified atom stereocenters. The summed E-state index contributed by atoms with van der Waals surface area (Å²) in [5.41, 5.74) is 8.00. The molecular weight excluding hydrogens is 414 g/mol. The summed E-state index contributed by atoms with van der Waals surface area (Å²) >= 11 is 0. The van der Waals surface area contributed by atoms with Crippen molar-refractivity contribution < 1.29 is 9.53 Å². The maximum Gasteiger partial charge on any atom is 0.164 e. The second kappa shape index (κ2) is 8.35. The number of ether oxygens (including phenoxy) is 1. The molecule has 0 saturated heterocycles. The highest BCUT2D eigenvalue weighted by molar-refractivity contribution is 5.86. The summed E-state index contributed by atoms with van der Waals surface area (Å²) in [6.45, 7) is 3.94. The Bertz CT molecular complexity index is 1470. The van der Waals surface area contributed by atoms with E-state index in [0.717, 1.165) is 57.0 Å². The number of hydrogen-bond acceptors (Lipinski definition) is 5. The molecule has 164 valence electrons. The molecule has 5 rings (SSSR count). The van der Waals surface area contributed by atoms with E-state index in [4.69, 9.17) is 14.8 Å². The van der Waals surface area contributed by atoms with Crippen LogP contribution in [-0.2, 0) is 11.2 Å². The Morgan fingerprint density at radius 3 is 2.64 bits per heavy atom. The van der Waals surface area contributed by atoms with Gasteiger partial charge in [0.1, 0.15) is 12.0 Å². The molecule has 33 heavy (non-hydrogen) atoms. The van der Waals surface area contributed by atoms with Gasteiger partial charge in [0, 0.05) is 41.7 Å². The molecule has 5 aromatic rings. The van der Waals surface area contributed by atoms with Gasteiger partial charge in [0.2, 0.25) is 0 Å². The standard InChI is InChI=1S/C26H23N5O2/c1-17-15-23(21-8-5-4-7-19(21)11-14-32)31-26(28-17)25(18(2)29-31)22-10-9-20(16-24(22)33-3)30-13-6-12-27-30/h4-10,12-16H,11H2,1-3H3. The van der Waals surface area contributed by atoms with Crippen LogP contribution in [0.4, 0.5) is 0 Å². The summed E-state index contributed by atoms with van der Waals surface area (Å²) in [6.07, 6.45) is 4.90. The smallest absolute Gasteiger partial charge is 0.164 e. The van der Waals surface area contributed by atoms with Gasteiger partial charge in [0.05, 0.1) is 29.7 Å². The van der Waals surface area contributed by atoms with Crippen LogP contribution in [0, 0.1) is 13.8 Å². The third-order valence-corrected chi connectivity index (χ3v) is 5.71. The number of methoxy groups -OCH3 is 1. The van der Waals surface area contributed by atoms with Gasteiger partial charge in [-0.15, -0.1) is 0 Å². The number of aromatic nitrogens is 5. The first-order valence-corrected chi connectivity index (χ1v) is 10.7. The van der Waals surface area contributed by atoms with Gasteiger partial charge in [-0.2, -0.15) is 10.2 Å². The molecule has 0 aliphatic carbocycles. The summed E-state index contributed by atoms with van der Waals surface area (Å²) in [6, 6.07) is 17.8. The molecular formula is C26H23N5O2. The number of carbonyl (C=O) groups is 1. The van der Waals surface area contributed by atoms with Crippen LogP contribution in [0.5, 0.6) is 5.75 Å². The number of rotatable bonds is 6. The Morgan fingerprint density at radius 2 is 1.88 bits per heavy atom. The largest absolute Gasteiger partial charge is 0.496 e. The van der Waals surface area contributed by atoms with Gasteiger partial charge >= 0.3 is 0 Å². The second-order valence-corrected chi connectivity index (χ2v) is 7.84.